The summed E-state index contributed by atoms with van der Waals surface area (Å²) in [5, 5.41) is 11.6. The zero-order valence-corrected chi connectivity index (χ0v) is 24.6. The van der Waals surface area contributed by atoms with Crippen LogP contribution in [0.15, 0.2) is 109 Å². The fourth-order valence-corrected chi connectivity index (χ4v) is 13.4. The Labute approximate surface area is 230 Å². The first-order chi connectivity index (χ1) is 18.0. The van der Waals surface area contributed by atoms with Gasteiger partial charge in [-0.3, -0.25) is 0 Å². The number of phenolic OH excluding ortho intramolecular Hbond substituents is 1. The first-order valence-corrected chi connectivity index (χ1v) is 17.7. The van der Waals surface area contributed by atoms with Crippen LogP contribution >= 0.6 is 20.8 Å². The van der Waals surface area contributed by atoms with Crippen molar-refractivity contribution >= 4 is 51.5 Å². The van der Waals surface area contributed by atoms with E-state index in [9.17, 15) is 5.11 Å². The number of hydrogen-bond acceptors (Lipinski definition) is 4. The van der Waals surface area contributed by atoms with Crippen molar-refractivity contribution in [1.82, 2.24) is 0 Å². The van der Waals surface area contributed by atoms with E-state index in [0.717, 1.165) is 39.4 Å². The van der Waals surface area contributed by atoms with Crippen molar-refractivity contribution in [1.29, 1.82) is 0 Å². The number of methoxy groups -OCH3 is 2. The van der Waals surface area contributed by atoms with Crippen molar-refractivity contribution in [3.8, 4) is 11.5 Å². The molecule has 0 saturated heterocycles. The average Bonchev–Trinajstić information content (AvgIpc) is 2.96. The van der Waals surface area contributed by atoms with Gasteiger partial charge in [0.1, 0.15) is 0 Å². The number of benzene rings is 4. The summed E-state index contributed by atoms with van der Waals surface area (Å²) in [7, 11) is 3.86. The molecule has 4 aromatic rings. The number of aromatic hydroxyl groups is 1. The molecule has 4 rings (SSSR count). The van der Waals surface area contributed by atoms with Crippen LogP contribution in [0, 0.1) is 0 Å². The third-order valence-electron chi connectivity index (χ3n) is 6.44. The van der Waals surface area contributed by atoms with Gasteiger partial charge in [-0.1, -0.05) is 0 Å². The molecule has 0 aliphatic carbocycles. The molecule has 0 unspecified atom stereocenters. The molecule has 192 valence electrons. The molecule has 0 aliphatic rings. The predicted molar refractivity (Wildman–Crippen MR) is 160 cm³/mol. The summed E-state index contributed by atoms with van der Waals surface area (Å²) in [6.45, 7) is 0.544. The third-order valence-corrected chi connectivity index (χ3v) is 17.8. The SMILES string of the molecule is COC(OC)[Si]CCCOc1ccc(O)cc1P(Br)(c1ccccc1)(c1ccccc1)c1ccccc1. The van der Waals surface area contributed by atoms with Crippen LogP contribution < -0.4 is 26.0 Å². The van der Waals surface area contributed by atoms with Crippen LogP contribution in [-0.2, 0) is 9.47 Å². The zero-order chi connectivity index (χ0) is 26.2. The van der Waals surface area contributed by atoms with E-state index in [1.54, 1.807) is 20.3 Å². The molecular weight excluding hydrogens is 563 g/mol. The molecule has 4 nitrogen and oxygen atoms in total. The summed E-state index contributed by atoms with van der Waals surface area (Å²) in [6.07, 6.45) is 0.863. The van der Waals surface area contributed by atoms with Gasteiger partial charge in [0.15, 0.2) is 0 Å². The van der Waals surface area contributed by atoms with E-state index in [0.29, 0.717) is 16.1 Å². The van der Waals surface area contributed by atoms with Crippen LogP contribution in [0.2, 0.25) is 6.04 Å². The number of hydrogen-bond donors (Lipinski definition) is 1. The summed E-state index contributed by atoms with van der Waals surface area (Å²) in [5.74, 6) is 0.772. The van der Waals surface area contributed by atoms with Crippen molar-refractivity contribution in [2.75, 3.05) is 20.8 Å². The van der Waals surface area contributed by atoms with Crippen LogP contribution in [0.3, 0.4) is 0 Å². The van der Waals surface area contributed by atoms with Crippen LogP contribution in [-0.4, -0.2) is 41.4 Å². The van der Waals surface area contributed by atoms with Gasteiger partial charge in [-0.2, -0.15) is 0 Å². The number of phenols is 1. The topological polar surface area (TPSA) is 47.9 Å². The second kappa shape index (κ2) is 12.4. The quantitative estimate of drug-likeness (QED) is 0.104. The van der Waals surface area contributed by atoms with Gasteiger partial charge in [0.25, 0.3) is 0 Å². The van der Waals surface area contributed by atoms with Crippen LogP contribution in [0.5, 0.6) is 11.5 Å². The maximum atomic E-state index is 10.8. The Morgan fingerprint density at radius 1 is 0.757 bits per heavy atom. The van der Waals surface area contributed by atoms with E-state index in [1.807, 2.05) is 30.3 Å². The van der Waals surface area contributed by atoms with Gasteiger partial charge in [-0.05, 0) is 0 Å². The van der Waals surface area contributed by atoms with Crippen LogP contribution in [0.4, 0.5) is 0 Å². The van der Waals surface area contributed by atoms with Crippen molar-refractivity contribution in [3.63, 3.8) is 0 Å². The molecule has 37 heavy (non-hydrogen) atoms. The van der Waals surface area contributed by atoms with Gasteiger partial charge >= 0.3 is 231 Å². The summed E-state index contributed by atoms with van der Waals surface area (Å²) >= 11 is 4.48. The van der Waals surface area contributed by atoms with Gasteiger partial charge in [0.05, 0.1) is 0 Å². The van der Waals surface area contributed by atoms with E-state index in [-0.39, 0.29) is 11.7 Å². The maximum absolute atomic E-state index is 10.8. The molecule has 0 spiro atoms. The summed E-state index contributed by atoms with van der Waals surface area (Å²) in [4.78, 5) is 0. The molecule has 0 fully saturated rings. The van der Waals surface area contributed by atoms with Gasteiger partial charge in [-0.15, -0.1) is 0 Å². The second-order valence-corrected chi connectivity index (χ2v) is 18.3. The van der Waals surface area contributed by atoms with Gasteiger partial charge in [0.2, 0.25) is 0 Å². The van der Waals surface area contributed by atoms with E-state index < -0.39 is 5.31 Å². The minimum atomic E-state index is -3.51. The fraction of sp³-hybridized carbons (Fsp3) is 0.200. The first kappa shape index (κ1) is 27.6. The summed E-state index contributed by atoms with van der Waals surface area (Å²) < 4.78 is 17.1. The third kappa shape index (κ3) is 5.40. The van der Waals surface area contributed by atoms with E-state index in [2.05, 4.69) is 88.3 Å². The van der Waals surface area contributed by atoms with Crippen molar-refractivity contribution in [3.05, 3.63) is 109 Å². The molecule has 0 aliphatic heterocycles. The Morgan fingerprint density at radius 3 is 1.70 bits per heavy atom. The van der Waals surface area contributed by atoms with E-state index in [1.165, 1.54) is 0 Å². The Hall–Kier alpha value is -2.47. The normalized spacial score (nSPS) is 12.7. The second-order valence-electron chi connectivity index (χ2n) is 8.63. The van der Waals surface area contributed by atoms with Crippen molar-refractivity contribution < 1.29 is 19.3 Å². The molecule has 0 bridgehead atoms. The minimum absolute atomic E-state index is 0.177. The van der Waals surface area contributed by atoms with E-state index in [4.69, 9.17) is 14.2 Å². The average molecular weight is 596 g/mol. The monoisotopic (exact) mass is 594 g/mol. The molecule has 1 N–H and O–H groups in total. The summed E-state index contributed by atoms with van der Waals surface area (Å²) in [5.41, 5.74) is 0. The van der Waals surface area contributed by atoms with Gasteiger partial charge < -0.3 is 0 Å². The van der Waals surface area contributed by atoms with Crippen LogP contribution in [0.25, 0.3) is 0 Å². The molecule has 7 heteroatoms. The molecule has 0 amide bonds. The molecule has 0 saturated carbocycles. The molecular formula is C30H32BrO4PSi. The standard InChI is InChI=1S/C30H32BrO4PSi/c1-33-30(34-2)37-22-12-21-35-28-20-19-24(32)23-29(28)36(31,25-13-6-3-7-14-25,26-15-8-4-9-16-26)27-17-10-5-11-18-27/h3-11,13-20,23,30,32H,12,21-22H2,1-2H3. The Bertz CT molecular complexity index is 1170. The Morgan fingerprint density at radius 2 is 1.24 bits per heavy atom. The molecule has 4 aromatic carbocycles. The Balaban J connectivity index is 1.88. The number of rotatable bonds is 12. The first-order valence-electron chi connectivity index (χ1n) is 12.2. The van der Waals surface area contributed by atoms with E-state index >= 15 is 0 Å². The number of ether oxygens (including phenoxy) is 3. The van der Waals surface area contributed by atoms with Crippen molar-refractivity contribution in [2.45, 2.75) is 18.4 Å². The zero-order valence-electron chi connectivity index (χ0n) is 21.1. The van der Waals surface area contributed by atoms with Gasteiger partial charge in [0, 0.05) is 0 Å². The molecule has 0 aromatic heterocycles. The summed E-state index contributed by atoms with van der Waals surface area (Å²) in [6, 6.07) is 37.8. The molecule has 2 radical (unpaired) electrons. The van der Waals surface area contributed by atoms with Gasteiger partial charge in [-0.25, -0.2) is 0 Å². The Kier molecular flexibility index (Phi) is 9.22. The number of halogens is 1. The molecule has 0 atom stereocenters. The predicted octanol–water partition coefficient (Wildman–Crippen LogP) is 5.33. The van der Waals surface area contributed by atoms with Crippen molar-refractivity contribution in [2.24, 2.45) is 0 Å². The van der Waals surface area contributed by atoms with Crippen LogP contribution in [0.1, 0.15) is 6.42 Å². The fourth-order valence-electron chi connectivity index (χ4n) is 4.68. The molecule has 0 heterocycles.